The molecule has 0 unspecified atom stereocenters. The number of amides is 1. The lowest BCUT2D eigenvalue weighted by atomic mass is 10.1. The highest BCUT2D eigenvalue weighted by molar-refractivity contribution is 6.33. The second kappa shape index (κ2) is 12.1. The van der Waals surface area contributed by atoms with E-state index < -0.39 is 0 Å². The van der Waals surface area contributed by atoms with Gasteiger partial charge in [0.15, 0.2) is 17.5 Å². The monoisotopic (exact) mass is 446 g/mol. The fourth-order valence-corrected chi connectivity index (χ4v) is 3.33. The minimum absolute atomic E-state index is 0.110. The molecular weight excluding hydrogens is 416 g/mol. The number of ether oxygens (including phenoxy) is 2. The van der Waals surface area contributed by atoms with Crippen molar-refractivity contribution in [1.29, 1.82) is 0 Å². The second-order valence-corrected chi connectivity index (χ2v) is 7.52. The molecule has 0 fully saturated rings. The number of guanidine groups is 1. The van der Waals surface area contributed by atoms with Gasteiger partial charge in [-0.15, -0.1) is 0 Å². The molecular formula is C23H31ClN4O3. The Kier molecular flexibility index (Phi) is 9.46. The van der Waals surface area contributed by atoms with Crippen LogP contribution in [-0.4, -0.2) is 58.2 Å². The Morgan fingerprint density at radius 3 is 2.52 bits per heavy atom. The lowest BCUT2D eigenvalue weighted by molar-refractivity contribution is -0.116. The van der Waals surface area contributed by atoms with Crippen molar-refractivity contribution >= 4 is 29.2 Å². The summed E-state index contributed by atoms with van der Waals surface area (Å²) in [5.41, 5.74) is 2.80. The smallest absolute Gasteiger partial charge is 0.226 e. The van der Waals surface area contributed by atoms with Crippen LogP contribution >= 0.6 is 11.6 Å². The molecule has 0 aliphatic heterocycles. The number of rotatable bonds is 9. The van der Waals surface area contributed by atoms with E-state index in [0.717, 1.165) is 30.1 Å². The van der Waals surface area contributed by atoms with E-state index in [1.54, 1.807) is 21.3 Å². The molecule has 2 rings (SSSR count). The van der Waals surface area contributed by atoms with E-state index in [4.69, 9.17) is 21.1 Å². The van der Waals surface area contributed by atoms with Gasteiger partial charge in [-0.2, -0.15) is 0 Å². The van der Waals surface area contributed by atoms with Crippen molar-refractivity contribution in [3.63, 3.8) is 0 Å². The Bertz CT molecular complexity index is 918. The minimum Gasteiger partial charge on any atom is -0.493 e. The van der Waals surface area contributed by atoms with Crippen LogP contribution in [0, 0.1) is 6.92 Å². The van der Waals surface area contributed by atoms with Crippen molar-refractivity contribution in [1.82, 2.24) is 10.2 Å². The molecule has 0 spiro atoms. The lowest BCUT2D eigenvalue weighted by Gasteiger charge is -2.22. The Morgan fingerprint density at radius 1 is 1.13 bits per heavy atom. The Labute approximate surface area is 189 Å². The number of hydrogen-bond donors (Lipinski definition) is 2. The largest absolute Gasteiger partial charge is 0.493 e. The van der Waals surface area contributed by atoms with Crippen LogP contribution in [0.5, 0.6) is 11.5 Å². The first kappa shape index (κ1) is 24.3. The summed E-state index contributed by atoms with van der Waals surface area (Å²) in [6.07, 6.45) is 1.11. The molecule has 0 heterocycles. The van der Waals surface area contributed by atoms with Crippen molar-refractivity contribution in [3.05, 3.63) is 52.5 Å². The predicted molar refractivity (Wildman–Crippen MR) is 127 cm³/mol. The Morgan fingerprint density at radius 2 is 1.87 bits per heavy atom. The fraction of sp³-hybridized carbons (Fsp3) is 0.391. The van der Waals surface area contributed by atoms with Crippen molar-refractivity contribution < 1.29 is 14.3 Å². The Hall–Kier alpha value is -2.93. The third-order valence-electron chi connectivity index (χ3n) is 4.79. The van der Waals surface area contributed by atoms with E-state index in [2.05, 4.69) is 15.6 Å². The summed E-state index contributed by atoms with van der Waals surface area (Å²) in [5.74, 6) is 2.04. The zero-order valence-corrected chi connectivity index (χ0v) is 19.5. The number of hydrogen-bond acceptors (Lipinski definition) is 4. The van der Waals surface area contributed by atoms with E-state index in [1.807, 2.05) is 55.3 Å². The maximum absolute atomic E-state index is 12.2. The van der Waals surface area contributed by atoms with E-state index in [-0.39, 0.29) is 5.91 Å². The van der Waals surface area contributed by atoms with Gasteiger partial charge >= 0.3 is 0 Å². The van der Waals surface area contributed by atoms with Crippen molar-refractivity contribution in [2.45, 2.75) is 19.8 Å². The molecule has 0 bridgehead atoms. The van der Waals surface area contributed by atoms with Gasteiger partial charge in [0.1, 0.15) is 0 Å². The second-order valence-electron chi connectivity index (χ2n) is 7.12. The number of aryl methyl sites for hydroxylation is 1. The fourth-order valence-electron chi connectivity index (χ4n) is 3.05. The maximum Gasteiger partial charge on any atom is 0.226 e. The average molecular weight is 447 g/mol. The number of halogens is 1. The van der Waals surface area contributed by atoms with E-state index in [0.29, 0.717) is 35.2 Å². The van der Waals surface area contributed by atoms with Crippen LogP contribution in [0.1, 0.15) is 17.5 Å². The molecule has 168 valence electrons. The summed E-state index contributed by atoms with van der Waals surface area (Å²) in [7, 11) is 6.93. The molecule has 8 heteroatoms. The molecule has 7 nitrogen and oxygen atoms in total. The standard InChI is InChI=1S/C23H31ClN4O3/c1-16-6-8-19(18(24)14-16)27-22(29)10-12-26-23(25-2)28(3)13-11-17-7-9-20(30-4)21(15-17)31-5/h6-9,14-15H,10-13H2,1-5H3,(H,25,26)(H,27,29). The van der Waals surface area contributed by atoms with Crippen molar-refractivity contribution in [2.75, 3.05) is 46.7 Å². The van der Waals surface area contributed by atoms with Crippen LogP contribution in [0.15, 0.2) is 41.4 Å². The molecule has 0 atom stereocenters. The van der Waals surface area contributed by atoms with Crippen LogP contribution in [0.2, 0.25) is 5.02 Å². The zero-order chi connectivity index (χ0) is 22.8. The molecule has 31 heavy (non-hydrogen) atoms. The average Bonchev–Trinajstić information content (AvgIpc) is 2.76. The van der Waals surface area contributed by atoms with Gasteiger partial charge in [-0.3, -0.25) is 9.79 Å². The van der Waals surface area contributed by atoms with Crippen LogP contribution in [0.4, 0.5) is 5.69 Å². The molecule has 0 saturated carbocycles. The number of likely N-dealkylation sites (N-methyl/N-ethyl adjacent to an activating group) is 1. The summed E-state index contributed by atoms with van der Waals surface area (Å²) >= 11 is 6.17. The highest BCUT2D eigenvalue weighted by Crippen LogP contribution is 2.27. The van der Waals surface area contributed by atoms with Crippen LogP contribution < -0.4 is 20.1 Å². The lowest BCUT2D eigenvalue weighted by Crippen LogP contribution is -2.41. The molecule has 0 aromatic heterocycles. The minimum atomic E-state index is -0.110. The number of anilines is 1. The quantitative estimate of drug-likeness (QED) is 0.453. The number of carbonyl (C=O) groups is 1. The molecule has 0 aliphatic carbocycles. The molecule has 0 radical (unpaired) electrons. The van der Waals surface area contributed by atoms with Gasteiger partial charge in [0.2, 0.25) is 5.91 Å². The van der Waals surface area contributed by atoms with Gasteiger partial charge in [-0.05, 0) is 48.7 Å². The number of benzene rings is 2. The first-order valence-electron chi connectivity index (χ1n) is 10.1. The summed E-state index contributed by atoms with van der Waals surface area (Å²) in [6.45, 7) is 3.16. The van der Waals surface area contributed by atoms with Crippen LogP contribution in [-0.2, 0) is 11.2 Å². The third kappa shape index (κ3) is 7.36. The topological polar surface area (TPSA) is 75.2 Å². The molecule has 2 N–H and O–H groups in total. The van der Waals surface area contributed by atoms with Gasteiger partial charge in [0, 0.05) is 33.6 Å². The van der Waals surface area contributed by atoms with Gasteiger partial charge in [-0.1, -0.05) is 23.7 Å². The summed E-state index contributed by atoms with van der Waals surface area (Å²) in [4.78, 5) is 18.5. The molecule has 0 saturated heterocycles. The van der Waals surface area contributed by atoms with Crippen molar-refractivity contribution in [2.24, 2.45) is 4.99 Å². The van der Waals surface area contributed by atoms with Gasteiger partial charge < -0.3 is 25.0 Å². The van der Waals surface area contributed by atoms with Crippen molar-refractivity contribution in [3.8, 4) is 11.5 Å². The molecule has 1 amide bonds. The predicted octanol–water partition coefficient (Wildman–Crippen LogP) is 3.74. The summed E-state index contributed by atoms with van der Waals surface area (Å²) in [6, 6.07) is 11.4. The molecule has 2 aromatic rings. The highest BCUT2D eigenvalue weighted by Gasteiger charge is 2.10. The van der Waals surface area contributed by atoms with Gasteiger partial charge in [0.05, 0.1) is 24.9 Å². The normalized spacial score (nSPS) is 11.1. The molecule has 2 aromatic carbocycles. The van der Waals surface area contributed by atoms with E-state index in [9.17, 15) is 4.79 Å². The summed E-state index contributed by atoms with van der Waals surface area (Å²) < 4.78 is 10.6. The number of methoxy groups -OCH3 is 2. The van der Waals surface area contributed by atoms with E-state index in [1.165, 1.54) is 0 Å². The van der Waals surface area contributed by atoms with Gasteiger partial charge in [-0.25, -0.2) is 0 Å². The van der Waals surface area contributed by atoms with Gasteiger partial charge in [0.25, 0.3) is 0 Å². The first-order chi connectivity index (χ1) is 14.9. The SMILES string of the molecule is CN=C(NCCC(=O)Nc1ccc(C)cc1Cl)N(C)CCc1ccc(OC)c(OC)c1. The number of nitrogens with zero attached hydrogens (tertiary/aromatic N) is 2. The highest BCUT2D eigenvalue weighted by atomic mass is 35.5. The maximum atomic E-state index is 12.2. The summed E-state index contributed by atoms with van der Waals surface area (Å²) in [5, 5.41) is 6.60. The number of aliphatic imine (C=N–C) groups is 1. The number of carbonyl (C=O) groups excluding carboxylic acids is 1. The molecule has 0 aliphatic rings. The number of nitrogens with one attached hydrogen (secondary N) is 2. The van der Waals surface area contributed by atoms with E-state index >= 15 is 0 Å². The first-order valence-corrected chi connectivity index (χ1v) is 10.4. The van der Waals surface area contributed by atoms with Crippen LogP contribution in [0.3, 0.4) is 0 Å². The zero-order valence-electron chi connectivity index (χ0n) is 18.8. The Balaban J connectivity index is 1.81. The van der Waals surface area contributed by atoms with Crippen LogP contribution in [0.25, 0.3) is 0 Å². The third-order valence-corrected chi connectivity index (χ3v) is 5.10.